The molecule has 1 aliphatic heterocycles. The van der Waals surface area contributed by atoms with Crippen LogP contribution in [0.5, 0.6) is 5.75 Å². The van der Waals surface area contributed by atoms with Gasteiger partial charge >= 0.3 is 0 Å². The fraction of sp³-hybridized carbons (Fsp3) is 0.435. The standard InChI is InChI=1S/C23H28FN3O2/c1-26-10-12-27(13-11-26)15-19-14-18(17-2-5-20(24)6-3-17)4-9-22(19)29-16-23(28)25-21-7-8-21/h2-6,9,14,21H,7-8,10-13,15-16H2,1H3,(H,25,28). The van der Waals surface area contributed by atoms with Crippen LogP contribution in [0.1, 0.15) is 18.4 Å². The van der Waals surface area contributed by atoms with Gasteiger partial charge in [-0.05, 0) is 55.3 Å². The first-order valence-corrected chi connectivity index (χ1v) is 10.3. The molecule has 1 saturated heterocycles. The molecule has 154 valence electrons. The first-order chi connectivity index (χ1) is 14.1. The van der Waals surface area contributed by atoms with Crippen LogP contribution in [0.15, 0.2) is 42.5 Å². The van der Waals surface area contributed by atoms with E-state index in [0.717, 1.165) is 68.0 Å². The number of hydrogen-bond donors (Lipinski definition) is 1. The minimum Gasteiger partial charge on any atom is -0.483 e. The van der Waals surface area contributed by atoms with Crippen molar-refractivity contribution in [3.05, 3.63) is 53.8 Å². The number of benzene rings is 2. The Morgan fingerprint density at radius 2 is 1.76 bits per heavy atom. The van der Waals surface area contributed by atoms with Crippen molar-refractivity contribution in [2.45, 2.75) is 25.4 Å². The second-order valence-corrected chi connectivity index (χ2v) is 8.04. The van der Waals surface area contributed by atoms with Crippen molar-refractivity contribution < 1.29 is 13.9 Å². The third-order valence-corrected chi connectivity index (χ3v) is 5.53. The third kappa shape index (κ3) is 5.55. The van der Waals surface area contributed by atoms with Crippen LogP contribution in [0, 0.1) is 5.82 Å². The number of nitrogens with one attached hydrogen (secondary N) is 1. The smallest absolute Gasteiger partial charge is 0.258 e. The molecule has 0 atom stereocenters. The van der Waals surface area contributed by atoms with Gasteiger partial charge in [-0.3, -0.25) is 9.69 Å². The lowest BCUT2D eigenvalue weighted by molar-refractivity contribution is -0.123. The maximum absolute atomic E-state index is 13.3. The Hall–Kier alpha value is -2.44. The van der Waals surface area contributed by atoms with Crippen LogP contribution >= 0.6 is 0 Å². The predicted molar refractivity (Wildman–Crippen MR) is 111 cm³/mol. The van der Waals surface area contributed by atoms with E-state index < -0.39 is 0 Å². The number of likely N-dealkylation sites (N-methyl/N-ethyl adjacent to an activating group) is 1. The molecule has 4 rings (SSSR count). The average molecular weight is 397 g/mol. The monoisotopic (exact) mass is 397 g/mol. The van der Waals surface area contributed by atoms with Crippen LogP contribution in [0.4, 0.5) is 4.39 Å². The molecule has 2 aromatic carbocycles. The van der Waals surface area contributed by atoms with Crippen LogP contribution in [-0.4, -0.2) is 61.6 Å². The topological polar surface area (TPSA) is 44.8 Å². The molecule has 1 aliphatic carbocycles. The van der Waals surface area contributed by atoms with Crippen molar-refractivity contribution >= 4 is 5.91 Å². The van der Waals surface area contributed by atoms with E-state index in [9.17, 15) is 9.18 Å². The molecule has 1 amide bonds. The van der Waals surface area contributed by atoms with Crippen LogP contribution in [0.25, 0.3) is 11.1 Å². The van der Waals surface area contributed by atoms with E-state index in [1.54, 1.807) is 12.1 Å². The van der Waals surface area contributed by atoms with E-state index in [-0.39, 0.29) is 18.3 Å². The van der Waals surface area contributed by atoms with Gasteiger partial charge in [0.25, 0.3) is 5.91 Å². The Labute approximate surface area is 171 Å². The number of piperazine rings is 1. The molecule has 0 radical (unpaired) electrons. The fourth-order valence-electron chi connectivity index (χ4n) is 3.55. The maximum atomic E-state index is 13.3. The zero-order chi connectivity index (χ0) is 20.2. The summed E-state index contributed by atoms with van der Waals surface area (Å²) in [6, 6.07) is 12.8. The lowest BCUT2D eigenvalue weighted by Crippen LogP contribution is -2.43. The van der Waals surface area contributed by atoms with Crippen LogP contribution in [-0.2, 0) is 11.3 Å². The lowest BCUT2D eigenvalue weighted by atomic mass is 10.0. The fourth-order valence-corrected chi connectivity index (χ4v) is 3.55. The maximum Gasteiger partial charge on any atom is 0.258 e. The van der Waals surface area contributed by atoms with Crippen molar-refractivity contribution in [2.75, 3.05) is 39.8 Å². The molecule has 2 fully saturated rings. The number of hydrogen-bond acceptors (Lipinski definition) is 4. The van der Waals surface area contributed by atoms with E-state index in [2.05, 4.69) is 28.2 Å². The Morgan fingerprint density at radius 1 is 1.07 bits per heavy atom. The normalized spacial score (nSPS) is 17.9. The largest absolute Gasteiger partial charge is 0.483 e. The zero-order valence-corrected chi connectivity index (χ0v) is 16.9. The van der Waals surface area contributed by atoms with Crippen molar-refractivity contribution in [1.29, 1.82) is 0 Å². The number of amides is 1. The second kappa shape index (κ2) is 8.93. The minimum absolute atomic E-state index is 0.0299. The number of halogens is 1. The molecular formula is C23H28FN3O2. The average Bonchev–Trinajstić information content (AvgIpc) is 3.53. The van der Waals surface area contributed by atoms with E-state index in [1.165, 1.54) is 12.1 Å². The van der Waals surface area contributed by atoms with E-state index >= 15 is 0 Å². The van der Waals surface area contributed by atoms with Gasteiger partial charge in [0.2, 0.25) is 0 Å². The molecule has 0 bridgehead atoms. The lowest BCUT2D eigenvalue weighted by Gasteiger charge is -2.32. The van der Waals surface area contributed by atoms with Gasteiger partial charge in [-0.15, -0.1) is 0 Å². The van der Waals surface area contributed by atoms with Crippen LogP contribution in [0.3, 0.4) is 0 Å². The van der Waals surface area contributed by atoms with Gasteiger partial charge in [0, 0.05) is 44.3 Å². The summed E-state index contributed by atoms with van der Waals surface area (Å²) in [7, 11) is 2.14. The number of ether oxygens (including phenoxy) is 1. The molecule has 6 heteroatoms. The van der Waals surface area contributed by atoms with Gasteiger partial charge in [-0.1, -0.05) is 18.2 Å². The van der Waals surface area contributed by atoms with Crippen LogP contribution in [0.2, 0.25) is 0 Å². The SMILES string of the molecule is CN1CCN(Cc2cc(-c3ccc(F)cc3)ccc2OCC(=O)NC2CC2)CC1. The first kappa shape index (κ1) is 19.9. The van der Waals surface area contributed by atoms with Gasteiger partial charge in [0.05, 0.1) is 0 Å². The van der Waals surface area contributed by atoms with Crippen molar-refractivity contribution in [2.24, 2.45) is 0 Å². The summed E-state index contributed by atoms with van der Waals surface area (Å²) in [5.74, 6) is 0.425. The van der Waals surface area contributed by atoms with E-state index in [1.807, 2.05) is 12.1 Å². The molecular weight excluding hydrogens is 369 g/mol. The van der Waals surface area contributed by atoms with Crippen molar-refractivity contribution in [3.63, 3.8) is 0 Å². The summed E-state index contributed by atoms with van der Waals surface area (Å²) in [5, 5.41) is 2.96. The summed E-state index contributed by atoms with van der Waals surface area (Å²) in [4.78, 5) is 16.8. The number of rotatable bonds is 7. The summed E-state index contributed by atoms with van der Waals surface area (Å²) < 4.78 is 19.2. The Morgan fingerprint density at radius 3 is 2.45 bits per heavy atom. The molecule has 2 aliphatic rings. The first-order valence-electron chi connectivity index (χ1n) is 10.3. The number of nitrogens with zero attached hydrogens (tertiary/aromatic N) is 2. The summed E-state index contributed by atoms with van der Waals surface area (Å²) in [6.07, 6.45) is 2.12. The number of carbonyl (C=O) groups excluding carboxylic acids is 1. The highest BCUT2D eigenvalue weighted by molar-refractivity contribution is 5.78. The Kier molecular flexibility index (Phi) is 6.11. The minimum atomic E-state index is -0.243. The van der Waals surface area contributed by atoms with Crippen molar-refractivity contribution in [3.8, 4) is 16.9 Å². The molecule has 2 aromatic rings. The van der Waals surface area contributed by atoms with Gasteiger partial charge < -0.3 is 15.0 Å². The second-order valence-electron chi connectivity index (χ2n) is 8.04. The van der Waals surface area contributed by atoms with E-state index in [0.29, 0.717) is 6.04 Å². The van der Waals surface area contributed by atoms with Gasteiger partial charge in [-0.2, -0.15) is 0 Å². The van der Waals surface area contributed by atoms with Crippen LogP contribution < -0.4 is 10.1 Å². The molecule has 29 heavy (non-hydrogen) atoms. The van der Waals surface area contributed by atoms with Gasteiger partial charge in [0.1, 0.15) is 11.6 Å². The zero-order valence-electron chi connectivity index (χ0n) is 16.9. The highest BCUT2D eigenvalue weighted by atomic mass is 19.1. The molecule has 1 N–H and O–H groups in total. The third-order valence-electron chi connectivity index (χ3n) is 5.53. The molecule has 1 saturated carbocycles. The van der Waals surface area contributed by atoms with Gasteiger partial charge in [-0.25, -0.2) is 4.39 Å². The quantitative estimate of drug-likeness (QED) is 0.780. The van der Waals surface area contributed by atoms with E-state index in [4.69, 9.17) is 4.74 Å². The Bertz CT molecular complexity index is 844. The summed E-state index contributed by atoms with van der Waals surface area (Å²) in [5.41, 5.74) is 3.03. The molecule has 1 heterocycles. The summed E-state index contributed by atoms with van der Waals surface area (Å²) in [6.45, 7) is 4.87. The molecule has 0 spiro atoms. The van der Waals surface area contributed by atoms with Gasteiger partial charge in [0.15, 0.2) is 6.61 Å². The highest BCUT2D eigenvalue weighted by Crippen LogP contribution is 2.28. The molecule has 0 aromatic heterocycles. The predicted octanol–water partition coefficient (Wildman–Crippen LogP) is 2.90. The number of carbonyl (C=O) groups is 1. The Balaban J connectivity index is 1.51. The highest BCUT2D eigenvalue weighted by Gasteiger charge is 2.23. The van der Waals surface area contributed by atoms with Crippen molar-refractivity contribution in [1.82, 2.24) is 15.1 Å². The summed E-state index contributed by atoms with van der Waals surface area (Å²) >= 11 is 0. The molecule has 0 unspecified atom stereocenters. The molecule has 5 nitrogen and oxygen atoms in total.